The van der Waals surface area contributed by atoms with Crippen LogP contribution in [-0.4, -0.2) is 37.0 Å². The number of hydrogen-bond donors (Lipinski definition) is 3. The third-order valence-electron chi connectivity index (χ3n) is 4.73. The molecule has 2 aromatic rings. The molecule has 0 aliphatic carbocycles. The van der Waals surface area contributed by atoms with Crippen LogP contribution in [0.2, 0.25) is 0 Å². The molecule has 134 valence electrons. The lowest BCUT2D eigenvalue weighted by atomic mass is 10.1. The van der Waals surface area contributed by atoms with E-state index >= 15 is 0 Å². The summed E-state index contributed by atoms with van der Waals surface area (Å²) in [5.41, 5.74) is 2.16. The molecule has 2 amide bonds. The monoisotopic (exact) mass is 351 g/mol. The molecule has 0 saturated carbocycles. The summed E-state index contributed by atoms with van der Waals surface area (Å²) in [6.07, 6.45) is 0.938. The van der Waals surface area contributed by atoms with Gasteiger partial charge in [-0.25, -0.2) is 0 Å². The van der Waals surface area contributed by atoms with Crippen molar-refractivity contribution in [1.82, 2.24) is 10.6 Å². The van der Waals surface area contributed by atoms with Gasteiger partial charge in [-0.2, -0.15) is 0 Å². The predicted octanol–water partition coefficient (Wildman–Crippen LogP) is 1.72. The Kier molecular flexibility index (Phi) is 4.58. The molecule has 0 aromatic heterocycles. The number of nitrogens with one attached hydrogen (secondary N) is 3. The highest BCUT2D eigenvalue weighted by molar-refractivity contribution is 5.98. The lowest BCUT2D eigenvalue weighted by molar-refractivity contribution is -0.122. The topological polar surface area (TPSA) is 79.5 Å². The number of rotatable bonds is 4. The molecule has 2 heterocycles. The smallest absolute Gasteiger partial charge is 0.265 e. The molecular weight excluding hydrogens is 330 g/mol. The maximum Gasteiger partial charge on any atom is 0.265 e. The second-order valence-electron chi connectivity index (χ2n) is 6.65. The van der Waals surface area contributed by atoms with Crippen LogP contribution in [0.5, 0.6) is 5.75 Å². The van der Waals surface area contributed by atoms with E-state index in [-0.39, 0.29) is 17.9 Å². The zero-order valence-electron chi connectivity index (χ0n) is 14.3. The van der Waals surface area contributed by atoms with Crippen molar-refractivity contribution in [3.05, 3.63) is 59.7 Å². The minimum atomic E-state index is -0.547. The van der Waals surface area contributed by atoms with Crippen molar-refractivity contribution in [3.8, 4) is 5.75 Å². The molecule has 1 saturated heterocycles. The molecule has 26 heavy (non-hydrogen) atoms. The number of amides is 2. The summed E-state index contributed by atoms with van der Waals surface area (Å²) in [6.45, 7) is 1.71. The third-order valence-corrected chi connectivity index (χ3v) is 4.73. The van der Waals surface area contributed by atoms with Crippen molar-refractivity contribution in [3.63, 3.8) is 0 Å². The van der Waals surface area contributed by atoms with Crippen LogP contribution in [0.15, 0.2) is 48.5 Å². The molecule has 2 unspecified atom stereocenters. The first kappa shape index (κ1) is 16.6. The van der Waals surface area contributed by atoms with E-state index in [2.05, 4.69) is 16.0 Å². The Morgan fingerprint density at radius 1 is 1.12 bits per heavy atom. The maximum absolute atomic E-state index is 12.5. The fourth-order valence-corrected chi connectivity index (χ4v) is 3.34. The van der Waals surface area contributed by atoms with Gasteiger partial charge in [0.05, 0.1) is 0 Å². The lowest BCUT2D eigenvalue weighted by Gasteiger charge is -2.14. The first-order valence-electron chi connectivity index (χ1n) is 8.86. The molecule has 2 aliphatic rings. The quantitative estimate of drug-likeness (QED) is 0.784. The second kappa shape index (κ2) is 7.17. The van der Waals surface area contributed by atoms with Crippen LogP contribution in [-0.2, 0) is 11.2 Å². The fraction of sp³-hybridized carbons (Fsp3) is 0.300. The maximum atomic E-state index is 12.5. The molecule has 0 radical (unpaired) electrons. The average Bonchev–Trinajstić information content (AvgIpc) is 3.31. The Morgan fingerprint density at radius 3 is 2.81 bits per heavy atom. The van der Waals surface area contributed by atoms with E-state index in [1.807, 2.05) is 24.3 Å². The largest absolute Gasteiger partial charge is 0.480 e. The van der Waals surface area contributed by atoms with Gasteiger partial charge in [-0.1, -0.05) is 24.3 Å². The van der Waals surface area contributed by atoms with Crippen molar-refractivity contribution in [2.24, 2.45) is 0 Å². The van der Waals surface area contributed by atoms with Gasteiger partial charge < -0.3 is 20.7 Å². The summed E-state index contributed by atoms with van der Waals surface area (Å²) in [7, 11) is 0. The van der Waals surface area contributed by atoms with Gasteiger partial charge in [-0.3, -0.25) is 9.59 Å². The van der Waals surface area contributed by atoms with Crippen LogP contribution in [0.1, 0.15) is 22.3 Å². The minimum Gasteiger partial charge on any atom is -0.480 e. The highest BCUT2D eigenvalue weighted by atomic mass is 16.5. The van der Waals surface area contributed by atoms with Crippen LogP contribution < -0.4 is 20.7 Å². The van der Waals surface area contributed by atoms with E-state index in [9.17, 15) is 9.59 Å². The molecule has 4 rings (SSSR count). The van der Waals surface area contributed by atoms with Gasteiger partial charge in [0.25, 0.3) is 11.8 Å². The number of carbonyl (C=O) groups is 2. The Labute approximate surface area is 151 Å². The minimum absolute atomic E-state index is 0.126. The Balaban J connectivity index is 1.39. The van der Waals surface area contributed by atoms with Gasteiger partial charge in [0, 0.05) is 30.3 Å². The highest BCUT2D eigenvalue weighted by Crippen LogP contribution is 2.28. The molecule has 0 bridgehead atoms. The first-order chi connectivity index (χ1) is 12.7. The van der Waals surface area contributed by atoms with E-state index in [0.717, 1.165) is 30.8 Å². The normalized spacial score (nSPS) is 20.9. The summed E-state index contributed by atoms with van der Waals surface area (Å²) < 4.78 is 5.71. The molecule has 2 aliphatic heterocycles. The predicted molar refractivity (Wildman–Crippen MR) is 98.4 cm³/mol. The van der Waals surface area contributed by atoms with Crippen molar-refractivity contribution in [2.45, 2.75) is 25.0 Å². The zero-order chi connectivity index (χ0) is 17.9. The Bertz CT molecular complexity index is 806. The molecule has 2 atom stereocenters. The third kappa shape index (κ3) is 3.55. The highest BCUT2D eigenvalue weighted by Gasteiger charge is 2.28. The molecular formula is C20H21N3O3. The molecule has 6 nitrogen and oxygen atoms in total. The number of anilines is 1. The van der Waals surface area contributed by atoms with Crippen LogP contribution in [0.4, 0.5) is 5.69 Å². The van der Waals surface area contributed by atoms with Crippen LogP contribution in [0.25, 0.3) is 0 Å². The zero-order valence-corrected chi connectivity index (χ0v) is 14.3. The summed E-state index contributed by atoms with van der Waals surface area (Å²) >= 11 is 0. The van der Waals surface area contributed by atoms with Gasteiger partial charge in [0.15, 0.2) is 6.10 Å². The Morgan fingerprint density at radius 2 is 2.00 bits per heavy atom. The molecule has 3 N–H and O–H groups in total. The number of hydrogen-bond acceptors (Lipinski definition) is 4. The summed E-state index contributed by atoms with van der Waals surface area (Å²) in [4.78, 5) is 24.9. The number of fused-ring (bicyclic) bond motifs is 1. The van der Waals surface area contributed by atoms with E-state index in [1.54, 1.807) is 24.3 Å². The van der Waals surface area contributed by atoms with Crippen molar-refractivity contribution in [2.75, 3.05) is 18.4 Å². The number of para-hydroxylation sites is 1. The van der Waals surface area contributed by atoms with Crippen LogP contribution in [0, 0.1) is 0 Å². The van der Waals surface area contributed by atoms with Gasteiger partial charge in [-0.15, -0.1) is 0 Å². The van der Waals surface area contributed by atoms with Crippen LogP contribution in [0.3, 0.4) is 0 Å². The van der Waals surface area contributed by atoms with Gasteiger partial charge in [0.1, 0.15) is 5.75 Å². The van der Waals surface area contributed by atoms with E-state index < -0.39 is 6.10 Å². The Hall–Kier alpha value is -2.86. The average molecular weight is 351 g/mol. The number of carbonyl (C=O) groups excluding carboxylic acids is 2. The number of benzene rings is 2. The van der Waals surface area contributed by atoms with E-state index in [0.29, 0.717) is 17.7 Å². The second-order valence-corrected chi connectivity index (χ2v) is 6.65. The van der Waals surface area contributed by atoms with E-state index in [1.165, 1.54) is 0 Å². The van der Waals surface area contributed by atoms with Gasteiger partial charge in [0.2, 0.25) is 0 Å². The van der Waals surface area contributed by atoms with Crippen molar-refractivity contribution < 1.29 is 14.3 Å². The van der Waals surface area contributed by atoms with Crippen molar-refractivity contribution >= 4 is 17.5 Å². The number of ether oxygens (including phenoxy) is 1. The van der Waals surface area contributed by atoms with Crippen molar-refractivity contribution in [1.29, 1.82) is 0 Å². The molecule has 6 heteroatoms. The first-order valence-corrected chi connectivity index (χ1v) is 8.86. The van der Waals surface area contributed by atoms with Crippen LogP contribution >= 0.6 is 0 Å². The summed E-state index contributed by atoms with van der Waals surface area (Å²) in [6, 6.07) is 14.8. The molecule has 2 aromatic carbocycles. The van der Waals surface area contributed by atoms with Gasteiger partial charge >= 0.3 is 0 Å². The standard InChI is InChI=1S/C20H21N3O3/c24-19(23-16-8-9-21-12-16)14-5-3-6-15(10-14)22-20(25)18-11-13-4-1-2-7-17(13)26-18/h1-7,10,16,18,21H,8-9,11-12H2,(H,22,25)(H,23,24). The SMILES string of the molecule is O=C(NC1CCNC1)c1cccc(NC(=O)C2Cc3ccccc3O2)c1. The fourth-order valence-electron chi connectivity index (χ4n) is 3.34. The lowest BCUT2D eigenvalue weighted by Crippen LogP contribution is -2.36. The molecule has 0 spiro atoms. The summed E-state index contributed by atoms with van der Waals surface area (Å²) in [5.74, 6) is 0.420. The van der Waals surface area contributed by atoms with E-state index in [4.69, 9.17) is 4.74 Å². The molecule has 1 fully saturated rings. The van der Waals surface area contributed by atoms with Gasteiger partial charge in [-0.05, 0) is 42.8 Å². The summed E-state index contributed by atoms with van der Waals surface area (Å²) in [5, 5.41) is 9.07.